The largest absolute Gasteiger partial charge is 0.493 e. The zero-order valence-electron chi connectivity index (χ0n) is 18.4. The normalized spacial score (nSPS) is 14.2. The molecule has 1 N–H and O–H groups in total. The smallest absolute Gasteiger partial charge is 0.273 e. The first-order chi connectivity index (χ1) is 15.7. The molecule has 0 aliphatic carbocycles. The molecular weight excluding hydrogens is 424 g/mol. The van der Waals surface area contributed by atoms with Gasteiger partial charge in [-0.1, -0.05) is 30.3 Å². The summed E-state index contributed by atoms with van der Waals surface area (Å²) < 4.78 is 10.6. The predicted octanol–water partition coefficient (Wildman–Crippen LogP) is 3.90. The molecule has 7 nitrogen and oxygen atoms in total. The number of amides is 1. The number of methoxy groups -OCH3 is 2. The molecule has 0 saturated carbocycles. The quantitative estimate of drug-likeness (QED) is 0.559. The van der Waals surface area contributed by atoms with Crippen LogP contribution >= 0.6 is 11.3 Å². The second-order valence-corrected chi connectivity index (χ2v) is 8.46. The van der Waals surface area contributed by atoms with Crippen LogP contribution in [0.2, 0.25) is 0 Å². The van der Waals surface area contributed by atoms with Crippen molar-refractivity contribution in [2.24, 2.45) is 0 Å². The molecule has 1 saturated heterocycles. The summed E-state index contributed by atoms with van der Waals surface area (Å²) in [5.41, 5.74) is 2.65. The number of ether oxygens (including phenoxy) is 2. The van der Waals surface area contributed by atoms with Gasteiger partial charge in [0.25, 0.3) is 5.91 Å². The maximum atomic E-state index is 12.9. The minimum absolute atomic E-state index is 0.00989. The van der Waals surface area contributed by atoms with Crippen LogP contribution < -0.4 is 14.8 Å². The van der Waals surface area contributed by atoms with E-state index in [0.29, 0.717) is 22.3 Å². The molecule has 8 heteroatoms. The summed E-state index contributed by atoms with van der Waals surface area (Å²) in [4.78, 5) is 21.7. The fraction of sp³-hybridized carbons (Fsp3) is 0.333. The number of anilines is 2. The number of hydrogen-bond donors (Lipinski definition) is 1. The standard InChI is InChI=1S/C24H28N4O3S/c1-30-21-9-8-19(16-22(21)31-2)25-24-26-20(17-32-24)23(29)28-14-12-27(13-15-28)11-10-18-6-4-3-5-7-18/h3-9,16-17H,10-15H2,1-2H3,(H,25,26). The number of aromatic nitrogens is 1. The third kappa shape index (κ3) is 5.38. The minimum atomic E-state index is -0.00989. The van der Waals surface area contributed by atoms with Crippen LogP contribution in [0.15, 0.2) is 53.9 Å². The highest BCUT2D eigenvalue weighted by atomic mass is 32.1. The van der Waals surface area contributed by atoms with Crippen molar-refractivity contribution >= 4 is 28.1 Å². The number of rotatable bonds is 8. The lowest BCUT2D eigenvalue weighted by atomic mass is 10.1. The molecule has 0 atom stereocenters. The van der Waals surface area contributed by atoms with E-state index >= 15 is 0 Å². The fourth-order valence-corrected chi connectivity index (χ4v) is 4.44. The molecule has 1 amide bonds. The first-order valence-electron chi connectivity index (χ1n) is 10.7. The van der Waals surface area contributed by atoms with Crippen LogP contribution in [0.4, 0.5) is 10.8 Å². The van der Waals surface area contributed by atoms with E-state index in [-0.39, 0.29) is 5.91 Å². The van der Waals surface area contributed by atoms with Gasteiger partial charge in [-0.15, -0.1) is 11.3 Å². The Bertz CT molecular complexity index is 1030. The fourth-order valence-electron chi connectivity index (χ4n) is 3.74. The van der Waals surface area contributed by atoms with Crippen LogP contribution in [-0.2, 0) is 6.42 Å². The van der Waals surface area contributed by atoms with E-state index in [0.717, 1.165) is 44.8 Å². The third-order valence-electron chi connectivity index (χ3n) is 5.58. The lowest BCUT2D eigenvalue weighted by Crippen LogP contribution is -2.49. The highest BCUT2D eigenvalue weighted by molar-refractivity contribution is 7.14. The van der Waals surface area contributed by atoms with Gasteiger partial charge in [-0.25, -0.2) is 4.98 Å². The first kappa shape index (κ1) is 22.1. The summed E-state index contributed by atoms with van der Waals surface area (Å²) in [5, 5.41) is 5.72. The van der Waals surface area contributed by atoms with Gasteiger partial charge in [0, 0.05) is 49.9 Å². The molecule has 4 rings (SSSR count). The molecule has 32 heavy (non-hydrogen) atoms. The molecule has 0 spiro atoms. The lowest BCUT2D eigenvalue weighted by Gasteiger charge is -2.34. The molecule has 3 aromatic rings. The number of piperazine rings is 1. The summed E-state index contributed by atoms with van der Waals surface area (Å²) in [6, 6.07) is 16.1. The second kappa shape index (κ2) is 10.5. The zero-order chi connectivity index (χ0) is 22.3. The lowest BCUT2D eigenvalue weighted by molar-refractivity contribution is 0.0633. The maximum absolute atomic E-state index is 12.9. The Kier molecular flexibility index (Phi) is 7.24. The molecule has 0 unspecified atom stereocenters. The van der Waals surface area contributed by atoms with E-state index in [1.807, 2.05) is 34.5 Å². The van der Waals surface area contributed by atoms with Gasteiger partial charge in [-0.05, 0) is 24.1 Å². The predicted molar refractivity (Wildman–Crippen MR) is 127 cm³/mol. The Hall–Kier alpha value is -3.10. The van der Waals surface area contributed by atoms with Gasteiger partial charge in [0.2, 0.25) is 0 Å². The molecule has 1 aliphatic heterocycles. The highest BCUT2D eigenvalue weighted by Crippen LogP contribution is 2.31. The van der Waals surface area contributed by atoms with Crippen molar-refractivity contribution in [2.45, 2.75) is 6.42 Å². The van der Waals surface area contributed by atoms with Crippen molar-refractivity contribution in [1.29, 1.82) is 0 Å². The van der Waals surface area contributed by atoms with Crippen molar-refractivity contribution in [3.8, 4) is 11.5 Å². The molecule has 1 fully saturated rings. The minimum Gasteiger partial charge on any atom is -0.493 e. The number of nitrogens with zero attached hydrogens (tertiary/aromatic N) is 3. The molecule has 168 valence electrons. The van der Waals surface area contributed by atoms with Gasteiger partial charge in [-0.3, -0.25) is 9.69 Å². The second-order valence-electron chi connectivity index (χ2n) is 7.60. The highest BCUT2D eigenvalue weighted by Gasteiger charge is 2.23. The zero-order valence-corrected chi connectivity index (χ0v) is 19.2. The van der Waals surface area contributed by atoms with Crippen molar-refractivity contribution in [3.63, 3.8) is 0 Å². The molecule has 1 aliphatic rings. The van der Waals surface area contributed by atoms with Crippen molar-refractivity contribution in [2.75, 3.05) is 52.3 Å². The van der Waals surface area contributed by atoms with Crippen LogP contribution in [0.3, 0.4) is 0 Å². The topological polar surface area (TPSA) is 66.9 Å². The number of thiazole rings is 1. The SMILES string of the molecule is COc1ccc(Nc2nc(C(=O)N3CCN(CCc4ccccc4)CC3)cs2)cc1OC. The Morgan fingerprint density at radius 2 is 1.78 bits per heavy atom. The Labute approximate surface area is 192 Å². The average molecular weight is 453 g/mol. The van der Waals surface area contributed by atoms with E-state index in [4.69, 9.17) is 9.47 Å². The van der Waals surface area contributed by atoms with Gasteiger partial charge in [-0.2, -0.15) is 0 Å². The molecule has 0 radical (unpaired) electrons. The molecule has 2 aromatic carbocycles. The third-order valence-corrected chi connectivity index (χ3v) is 6.33. The Morgan fingerprint density at radius 3 is 2.50 bits per heavy atom. The Morgan fingerprint density at radius 1 is 1.03 bits per heavy atom. The molecular formula is C24H28N4O3S. The number of benzene rings is 2. The summed E-state index contributed by atoms with van der Waals surface area (Å²) in [5.74, 6) is 1.29. The summed E-state index contributed by atoms with van der Waals surface area (Å²) in [6.45, 7) is 4.24. The van der Waals surface area contributed by atoms with Crippen molar-refractivity contribution in [1.82, 2.24) is 14.8 Å². The van der Waals surface area contributed by atoms with Crippen LogP contribution in [0.25, 0.3) is 0 Å². The number of nitrogens with one attached hydrogen (secondary N) is 1. The van der Waals surface area contributed by atoms with E-state index in [2.05, 4.69) is 39.5 Å². The Balaban J connectivity index is 1.29. The van der Waals surface area contributed by atoms with E-state index < -0.39 is 0 Å². The summed E-state index contributed by atoms with van der Waals surface area (Å²) in [7, 11) is 3.20. The van der Waals surface area contributed by atoms with Crippen LogP contribution in [0.1, 0.15) is 16.1 Å². The number of carbonyl (C=O) groups is 1. The van der Waals surface area contributed by atoms with E-state index in [9.17, 15) is 4.79 Å². The van der Waals surface area contributed by atoms with Gasteiger partial charge in [0.15, 0.2) is 16.6 Å². The number of carbonyl (C=O) groups excluding carboxylic acids is 1. The maximum Gasteiger partial charge on any atom is 0.273 e. The molecule has 1 aromatic heterocycles. The van der Waals surface area contributed by atoms with Gasteiger partial charge >= 0.3 is 0 Å². The van der Waals surface area contributed by atoms with Gasteiger partial charge in [0.1, 0.15) is 5.69 Å². The van der Waals surface area contributed by atoms with Gasteiger partial charge in [0.05, 0.1) is 14.2 Å². The average Bonchev–Trinajstić information content (AvgIpc) is 3.31. The monoisotopic (exact) mass is 452 g/mol. The van der Waals surface area contributed by atoms with Gasteiger partial charge < -0.3 is 19.7 Å². The summed E-state index contributed by atoms with van der Waals surface area (Å²) >= 11 is 1.41. The molecule has 0 bridgehead atoms. The van der Waals surface area contributed by atoms with E-state index in [1.165, 1.54) is 16.9 Å². The van der Waals surface area contributed by atoms with Crippen molar-refractivity contribution in [3.05, 3.63) is 65.2 Å². The molecule has 2 heterocycles. The van der Waals surface area contributed by atoms with Crippen LogP contribution in [-0.4, -0.2) is 67.6 Å². The van der Waals surface area contributed by atoms with E-state index in [1.54, 1.807) is 14.2 Å². The first-order valence-corrected chi connectivity index (χ1v) is 11.5. The van der Waals surface area contributed by atoms with Crippen LogP contribution in [0, 0.1) is 0 Å². The summed E-state index contributed by atoms with van der Waals surface area (Å²) in [6.07, 6.45) is 1.03. The van der Waals surface area contributed by atoms with Crippen LogP contribution in [0.5, 0.6) is 11.5 Å². The number of hydrogen-bond acceptors (Lipinski definition) is 7. The van der Waals surface area contributed by atoms with Crippen molar-refractivity contribution < 1.29 is 14.3 Å².